The summed E-state index contributed by atoms with van der Waals surface area (Å²) >= 11 is 0. The van der Waals surface area contributed by atoms with Gasteiger partial charge in [-0.25, -0.2) is 4.39 Å². The number of amides is 1. The Morgan fingerprint density at radius 1 is 1.28 bits per heavy atom. The highest BCUT2D eigenvalue weighted by molar-refractivity contribution is 5.92. The largest absolute Gasteiger partial charge is 0.379 e. The van der Waals surface area contributed by atoms with E-state index in [4.69, 9.17) is 4.74 Å². The van der Waals surface area contributed by atoms with Gasteiger partial charge in [-0.3, -0.25) is 14.7 Å². The van der Waals surface area contributed by atoms with E-state index >= 15 is 0 Å². The SMILES string of the molecule is C[C@H]1C[C@@H](N(C)C(=O)CN2CCOCC2)CN(c2ccc(F)c3ncccc23)C1. The van der Waals surface area contributed by atoms with Crippen molar-refractivity contribution in [3.63, 3.8) is 0 Å². The Balaban J connectivity index is 1.51. The van der Waals surface area contributed by atoms with Gasteiger partial charge >= 0.3 is 0 Å². The van der Waals surface area contributed by atoms with Gasteiger partial charge in [-0.15, -0.1) is 0 Å². The lowest BCUT2D eigenvalue weighted by Crippen LogP contribution is -2.53. The van der Waals surface area contributed by atoms with Gasteiger partial charge in [0.1, 0.15) is 11.3 Å². The standard InChI is InChI=1S/C22H29FN4O2/c1-16-12-17(25(2)21(28)15-26-8-10-29-11-9-26)14-27(13-16)20-6-5-19(23)22-18(20)4-3-7-24-22/h3-7,16-17H,8-15H2,1-2H3/t16-,17+/m0/s1. The highest BCUT2D eigenvalue weighted by Gasteiger charge is 2.31. The lowest BCUT2D eigenvalue weighted by molar-refractivity contribution is -0.134. The van der Waals surface area contributed by atoms with Crippen molar-refractivity contribution in [2.45, 2.75) is 19.4 Å². The molecule has 0 unspecified atom stereocenters. The summed E-state index contributed by atoms with van der Waals surface area (Å²) in [6.45, 7) is 7.27. The number of aromatic nitrogens is 1. The van der Waals surface area contributed by atoms with E-state index in [9.17, 15) is 9.18 Å². The van der Waals surface area contributed by atoms with Gasteiger partial charge in [0.2, 0.25) is 5.91 Å². The Morgan fingerprint density at radius 2 is 2.07 bits per heavy atom. The van der Waals surface area contributed by atoms with Crippen LogP contribution in [-0.2, 0) is 9.53 Å². The van der Waals surface area contributed by atoms with Crippen molar-refractivity contribution in [1.29, 1.82) is 0 Å². The number of piperidine rings is 1. The van der Waals surface area contributed by atoms with Crippen molar-refractivity contribution in [2.24, 2.45) is 5.92 Å². The number of anilines is 1. The van der Waals surface area contributed by atoms with E-state index in [2.05, 4.69) is 21.7 Å². The molecule has 2 aliphatic rings. The predicted octanol–water partition coefficient (Wildman–Crippen LogP) is 2.38. The number of carbonyl (C=O) groups is 1. The minimum absolute atomic E-state index is 0.129. The highest BCUT2D eigenvalue weighted by Crippen LogP contribution is 2.31. The van der Waals surface area contributed by atoms with Crippen LogP contribution in [0, 0.1) is 11.7 Å². The van der Waals surface area contributed by atoms with E-state index in [0.717, 1.165) is 43.7 Å². The lowest BCUT2D eigenvalue weighted by Gasteiger charge is -2.42. The van der Waals surface area contributed by atoms with Gasteiger partial charge in [0, 0.05) is 56.5 Å². The maximum Gasteiger partial charge on any atom is 0.236 e. The third kappa shape index (κ3) is 4.36. The zero-order valence-electron chi connectivity index (χ0n) is 17.2. The molecular formula is C22H29FN4O2. The first-order chi connectivity index (χ1) is 14.0. The fourth-order valence-electron chi connectivity index (χ4n) is 4.46. The Kier molecular flexibility index (Phi) is 5.96. The quantitative estimate of drug-likeness (QED) is 0.789. The maximum atomic E-state index is 14.2. The molecule has 1 aromatic heterocycles. The predicted molar refractivity (Wildman–Crippen MR) is 112 cm³/mol. The molecule has 1 amide bonds. The molecule has 2 saturated heterocycles. The summed E-state index contributed by atoms with van der Waals surface area (Å²) in [5, 5.41) is 0.822. The second-order valence-electron chi connectivity index (χ2n) is 8.26. The van der Waals surface area contributed by atoms with Crippen LogP contribution >= 0.6 is 0 Å². The van der Waals surface area contributed by atoms with Crippen molar-refractivity contribution >= 4 is 22.5 Å². The Labute approximate surface area is 171 Å². The van der Waals surface area contributed by atoms with Crippen molar-refractivity contribution in [3.05, 3.63) is 36.3 Å². The number of ether oxygens (including phenoxy) is 1. The molecule has 1 aromatic carbocycles. The molecule has 3 heterocycles. The van der Waals surface area contributed by atoms with Gasteiger partial charge in [0.05, 0.1) is 19.8 Å². The van der Waals surface area contributed by atoms with Crippen LogP contribution in [0.4, 0.5) is 10.1 Å². The fourth-order valence-corrected chi connectivity index (χ4v) is 4.46. The molecule has 7 heteroatoms. The first kappa shape index (κ1) is 20.0. The Bertz CT molecular complexity index is 871. The summed E-state index contributed by atoms with van der Waals surface area (Å²) in [6, 6.07) is 7.22. The average molecular weight is 400 g/mol. The number of carbonyl (C=O) groups excluding carboxylic acids is 1. The number of benzene rings is 1. The molecule has 6 nitrogen and oxygen atoms in total. The molecule has 156 valence electrons. The summed E-state index contributed by atoms with van der Waals surface area (Å²) in [4.78, 5) is 23.4. The fraction of sp³-hybridized carbons (Fsp3) is 0.545. The molecule has 29 heavy (non-hydrogen) atoms. The normalized spacial score (nSPS) is 23.3. The van der Waals surface area contributed by atoms with E-state index in [1.54, 1.807) is 6.20 Å². The third-order valence-corrected chi connectivity index (χ3v) is 6.08. The zero-order valence-corrected chi connectivity index (χ0v) is 17.2. The number of fused-ring (bicyclic) bond motifs is 1. The number of pyridine rings is 1. The van der Waals surface area contributed by atoms with Crippen LogP contribution in [-0.4, -0.2) is 79.7 Å². The van der Waals surface area contributed by atoms with Crippen LogP contribution in [0.2, 0.25) is 0 Å². The van der Waals surface area contributed by atoms with E-state index in [-0.39, 0.29) is 17.8 Å². The third-order valence-electron chi connectivity index (χ3n) is 6.08. The molecule has 2 atom stereocenters. The number of likely N-dealkylation sites (N-methyl/N-ethyl adjacent to an activating group) is 1. The zero-order chi connectivity index (χ0) is 20.4. The molecule has 2 aliphatic heterocycles. The second-order valence-corrected chi connectivity index (χ2v) is 8.26. The van der Waals surface area contributed by atoms with Crippen LogP contribution in [0.25, 0.3) is 10.9 Å². The van der Waals surface area contributed by atoms with Crippen LogP contribution in [0.15, 0.2) is 30.5 Å². The molecule has 0 radical (unpaired) electrons. The number of halogens is 1. The molecule has 0 N–H and O–H groups in total. The first-order valence-electron chi connectivity index (χ1n) is 10.4. The molecular weight excluding hydrogens is 371 g/mol. The molecule has 4 rings (SSSR count). The smallest absolute Gasteiger partial charge is 0.236 e. The van der Waals surface area contributed by atoms with E-state index < -0.39 is 0 Å². The minimum atomic E-state index is -0.302. The van der Waals surface area contributed by atoms with Gasteiger partial charge in [-0.2, -0.15) is 0 Å². The summed E-state index contributed by atoms with van der Waals surface area (Å²) in [7, 11) is 1.91. The number of nitrogens with zero attached hydrogens (tertiary/aromatic N) is 4. The van der Waals surface area contributed by atoms with E-state index in [1.807, 2.05) is 30.1 Å². The van der Waals surface area contributed by atoms with Gasteiger partial charge < -0.3 is 14.5 Å². The van der Waals surface area contributed by atoms with E-state index in [0.29, 0.717) is 31.2 Å². The van der Waals surface area contributed by atoms with Gasteiger partial charge in [0.15, 0.2) is 0 Å². The van der Waals surface area contributed by atoms with Crippen molar-refractivity contribution in [3.8, 4) is 0 Å². The van der Waals surface area contributed by atoms with Crippen LogP contribution < -0.4 is 4.90 Å². The van der Waals surface area contributed by atoms with Crippen molar-refractivity contribution in [1.82, 2.24) is 14.8 Å². The molecule has 0 spiro atoms. The van der Waals surface area contributed by atoms with E-state index in [1.165, 1.54) is 6.07 Å². The summed E-state index contributed by atoms with van der Waals surface area (Å²) in [5.74, 6) is 0.282. The highest BCUT2D eigenvalue weighted by atomic mass is 19.1. The molecule has 2 aromatic rings. The topological polar surface area (TPSA) is 48.9 Å². The Morgan fingerprint density at radius 3 is 2.86 bits per heavy atom. The molecule has 0 saturated carbocycles. The molecule has 0 bridgehead atoms. The van der Waals surface area contributed by atoms with Crippen LogP contribution in [0.5, 0.6) is 0 Å². The van der Waals surface area contributed by atoms with Gasteiger partial charge in [-0.05, 0) is 36.6 Å². The first-order valence-corrected chi connectivity index (χ1v) is 10.4. The van der Waals surface area contributed by atoms with Gasteiger partial charge in [0.25, 0.3) is 0 Å². The second kappa shape index (κ2) is 8.63. The molecule has 0 aliphatic carbocycles. The number of rotatable bonds is 4. The van der Waals surface area contributed by atoms with Crippen LogP contribution in [0.3, 0.4) is 0 Å². The van der Waals surface area contributed by atoms with Crippen molar-refractivity contribution in [2.75, 3.05) is 57.9 Å². The van der Waals surface area contributed by atoms with Crippen molar-refractivity contribution < 1.29 is 13.9 Å². The van der Waals surface area contributed by atoms with Crippen LogP contribution in [0.1, 0.15) is 13.3 Å². The maximum absolute atomic E-state index is 14.2. The number of hydrogen-bond acceptors (Lipinski definition) is 5. The minimum Gasteiger partial charge on any atom is -0.379 e. The average Bonchev–Trinajstić information content (AvgIpc) is 2.74. The summed E-state index contributed by atoms with van der Waals surface area (Å²) < 4.78 is 19.6. The Hall–Kier alpha value is -2.25. The number of hydrogen-bond donors (Lipinski definition) is 0. The van der Waals surface area contributed by atoms with Gasteiger partial charge in [-0.1, -0.05) is 6.92 Å². The monoisotopic (exact) mass is 400 g/mol. The lowest BCUT2D eigenvalue weighted by atomic mass is 9.94. The summed E-state index contributed by atoms with van der Waals surface area (Å²) in [6.07, 6.45) is 2.59. The summed E-state index contributed by atoms with van der Waals surface area (Å²) in [5.41, 5.74) is 1.39. The number of morpholine rings is 1. The molecule has 2 fully saturated rings.